The maximum Gasteiger partial charge on any atom is 0.251 e. The van der Waals surface area contributed by atoms with E-state index in [0.717, 1.165) is 17.0 Å². The second-order valence-corrected chi connectivity index (χ2v) is 11.3. The number of hydrogen-bond acceptors (Lipinski definition) is 9. The SMILES string of the molecule is Cc1cc(C)nc(SCC(=O)N(Cc2ccc(Cl)cc2)C(C(=O)Nc2ccc3c(c2)OCO3)c2ccc3c(c2)OCO3)n1. The predicted molar refractivity (Wildman–Crippen MR) is 161 cm³/mol. The normalized spacial score (nSPS) is 13.5. The minimum Gasteiger partial charge on any atom is -0.454 e. The summed E-state index contributed by atoms with van der Waals surface area (Å²) >= 11 is 7.36. The number of rotatable bonds is 9. The molecule has 1 atom stereocenters. The van der Waals surface area contributed by atoms with Gasteiger partial charge in [-0.3, -0.25) is 9.59 Å². The second-order valence-electron chi connectivity index (χ2n) is 9.94. The number of amides is 2. The predicted octanol–water partition coefficient (Wildman–Crippen LogP) is 5.71. The highest BCUT2D eigenvalue weighted by atomic mass is 35.5. The van der Waals surface area contributed by atoms with Crippen molar-refractivity contribution in [1.29, 1.82) is 0 Å². The number of carbonyl (C=O) groups is 2. The van der Waals surface area contributed by atoms with E-state index in [1.165, 1.54) is 11.8 Å². The Balaban J connectivity index is 1.36. The number of aromatic nitrogens is 2. The van der Waals surface area contributed by atoms with Gasteiger partial charge in [0.1, 0.15) is 6.04 Å². The molecule has 0 fully saturated rings. The van der Waals surface area contributed by atoms with Crippen LogP contribution in [0.5, 0.6) is 23.0 Å². The molecule has 1 N–H and O–H groups in total. The van der Waals surface area contributed by atoms with Gasteiger partial charge >= 0.3 is 0 Å². The average Bonchev–Trinajstić information content (AvgIpc) is 3.65. The molecule has 3 aromatic carbocycles. The molecule has 1 aromatic heterocycles. The van der Waals surface area contributed by atoms with Crippen molar-refractivity contribution >= 4 is 40.9 Å². The molecule has 10 nitrogen and oxygen atoms in total. The third-order valence-corrected chi connectivity index (χ3v) is 7.87. The molecule has 0 saturated heterocycles. The molecular formula is C31H27ClN4O6S. The lowest BCUT2D eigenvalue weighted by atomic mass is 10.0. The maximum atomic E-state index is 14.2. The summed E-state index contributed by atoms with van der Waals surface area (Å²) in [5.41, 5.74) is 3.46. The fourth-order valence-corrected chi connectivity index (χ4v) is 5.78. The molecule has 1 unspecified atom stereocenters. The average molecular weight is 619 g/mol. The quantitative estimate of drug-likeness (QED) is 0.186. The fourth-order valence-electron chi connectivity index (χ4n) is 4.82. The molecule has 3 heterocycles. The van der Waals surface area contributed by atoms with Crippen LogP contribution in [-0.2, 0) is 16.1 Å². The summed E-state index contributed by atoms with van der Waals surface area (Å²) in [4.78, 5) is 38.7. The van der Waals surface area contributed by atoms with Crippen LogP contribution in [0.1, 0.15) is 28.6 Å². The van der Waals surface area contributed by atoms with Crippen molar-refractivity contribution in [2.24, 2.45) is 0 Å². The molecule has 43 heavy (non-hydrogen) atoms. The smallest absolute Gasteiger partial charge is 0.251 e. The van der Waals surface area contributed by atoms with Gasteiger partial charge in [0.2, 0.25) is 19.5 Å². The number of halogens is 1. The summed E-state index contributed by atoms with van der Waals surface area (Å²) in [6.45, 7) is 4.08. The number of nitrogens with one attached hydrogen (secondary N) is 1. The lowest BCUT2D eigenvalue weighted by Gasteiger charge is -2.31. The van der Waals surface area contributed by atoms with Crippen LogP contribution >= 0.6 is 23.4 Å². The van der Waals surface area contributed by atoms with E-state index in [0.29, 0.717) is 44.4 Å². The number of nitrogens with zero attached hydrogens (tertiary/aromatic N) is 3. The van der Waals surface area contributed by atoms with E-state index in [2.05, 4.69) is 15.3 Å². The molecule has 6 rings (SSSR count). The first-order chi connectivity index (χ1) is 20.8. The van der Waals surface area contributed by atoms with Crippen molar-refractivity contribution in [2.75, 3.05) is 24.7 Å². The van der Waals surface area contributed by atoms with Crippen molar-refractivity contribution in [3.63, 3.8) is 0 Å². The molecule has 2 amide bonds. The summed E-state index contributed by atoms with van der Waals surface area (Å²) in [6.07, 6.45) is 0. The Morgan fingerprint density at radius 1 is 0.860 bits per heavy atom. The molecule has 4 aromatic rings. The largest absolute Gasteiger partial charge is 0.454 e. The number of fused-ring (bicyclic) bond motifs is 2. The molecule has 2 aliphatic heterocycles. The Kier molecular flexibility index (Phi) is 8.26. The third-order valence-electron chi connectivity index (χ3n) is 6.79. The lowest BCUT2D eigenvalue weighted by Crippen LogP contribution is -2.41. The van der Waals surface area contributed by atoms with Crippen LogP contribution in [0.15, 0.2) is 71.9 Å². The molecule has 0 bridgehead atoms. The fraction of sp³-hybridized carbons (Fsp3) is 0.226. The first kappa shape index (κ1) is 28.6. The van der Waals surface area contributed by atoms with E-state index in [1.807, 2.05) is 32.0 Å². The Morgan fingerprint density at radius 2 is 1.49 bits per heavy atom. The summed E-state index contributed by atoms with van der Waals surface area (Å²) in [6, 6.07) is 18.4. The van der Waals surface area contributed by atoms with E-state index in [9.17, 15) is 9.59 Å². The zero-order valence-corrected chi connectivity index (χ0v) is 24.9. The Morgan fingerprint density at radius 3 is 2.19 bits per heavy atom. The van der Waals surface area contributed by atoms with E-state index >= 15 is 0 Å². The van der Waals surface area contributed by atoms with Crippen LogP contribution in [0.3, 0.4) is 0 Å². The Bertz CT molecular complexity index is 1670. The van der Waals surface area contributed by atoms with Crippen molar-refractivity contribution in [3.05, 3.63) is 94.3 Å². The van der Waals surface area contributed by atoms with Gasteiger partial charge in [-0.05, 0) is 67.4 Å². The Hall–Kier alpha value is -4.48. The number of hydrogen-bond donors (Lipinski definition) is 1. The molecule has 220 valence electrons. The highest BCUT2D eigenvalue weighted by Gasteiger charge is 2.33. The standard InChI is InChI=1S/C31H27ClN4O6S/c1-18-11-19(2)34-31(33-18)43-15-28(37)36(14-20-3-6-22(32)7-4-20)29(21-5-9-24-26(12-21)41-16-39-24)30(38)35-23-8-10-25-27(13-23)42-17-40-25/h3-13,29H,14-17H2,1-2H3,(H,35,38). The van der Waals surface area contributed by atoms with Gasteiger partial charge in [0.05, 0.1) is 5.75 Å². The van der Waals surface area contributed by atoms with Crippen molar-refractivity contribution in [3.8, 4) is 23.0 Å². The van der Waals surface area contributed by atoms with Crippen LogP contribution in [0, 0.1) is 13.8 Å². The van der Waals surface area contributed by atoms with Crippen molar-refractivity contribution < 1.29 is 28.5 Å². The summed E-state index contributed by atoms with van der Waals surface area (Å²) in [5.74, 6) is 1.48. The molecule has 0 spiro atoms. The van der Waals surface area contributed by atoms with Crippen LogP contribution in [-0.4, -0.2) is 46.0 Å². The highest BCUT2D eigenvalue weighted by Crippen LogP contribution is 2.38. The zero-order valence-electron chi connectivity index (χ0n) is 23.3. The molecule has 0 radical (unpaired) electrons. The monoisotopic (exact) mass is 618 g/mol. The van der Waals surface area contributed by atoms with Gasteiger partial charge in [-0.2, -0.15) is 0 Å². The number of thioether (sulfide) groups is 1. The Labute approximate surface area is 257 Å². The topological polar surface area (TPSA) is 112 Å². The summed E-state index contributed by atoms with van der Waals surface area (Å²) in [5, 5.41) is 4.02. The maximum absolute atomic E-state index is 14.2. The van der Waals surface area contributed by atoms with Crippen molar-refractivity contribution in [2.45, 2.75) is 31.6 Å². The molecule has 0 saturated carbocycles. The first-order valence-electron chi connectivity index (χ1n) is 13.4. The number of anilines is 1. The summed E-state index contributed by atoms with van der Waals surface area (Å²) in [7, 11) is 0. The van der Waals surface area contributed by atoms with Gasteiger partial charge in [-0.25, -0.2) is 9.97 Å². The minimum absolute atomic E-state index is 0.00877. The van der Waals surface area contributed by atoms with E-state index in [-0.39, 0.29) is 31.8 Å². The van der Waals surface area contributed by atoms with Gasteiger partial charge in [-0.15, -0.1) is 0 Å². The van der Waals surface area contributed by atoms with Crippen LogP contribution in [0.2, 0.25) is 5.02 Å². The second kappa shape index (κ2) is 12.4. The molecule has 0 aliphatic carbocycles. The lowest BCUT2D eigenvalue weighted by molar-refractivity contribution is -0.137. The number of aryl methyl sites for hydroxylation is 2. The van der Waals surface area contributed by atoms with Crippen LogP contribution in [0.4, 0.5) is 5.69 Å². The summed E-state index contributed by atoms with van der Waals surface area (Å²) < 4.78 is 22.0. The van der Waals surface area contributed by atoms with Crippen molar-refractivity contribution in [1.82, 2.24) is 14.9 Å². The van der Waals surface area contributed by atoms with Crippen LogP contribution < -0.4 is 24.3 Å². The first-order valence-corrected chi connectivity index (χ1v) is 14.8. The third kappa shape index (κ3) is 6.63. The number of benzene rings is 3. The minimum atomic E-state index is -1.04. The number of carbonyl (C=O) groups excluding carboxylic acids is 2. The van der Waals surface area contributed by atoms with E-state index in [4.69, 9.17) is 30.5 Å². The van der Waals surface area contributed by atoms with E-state index < -0.39 is 11.9 Å². The molecular weight excluding hydrogens is 592 g/mol. The molecule has 12 heteroatoms. The zero-order chi connectivity index (χ0) is 29.9. The van der Waals surface area contributed by atoms with Gasteiger partial charge < -0.3 is 29.2 Å². The van der Waals surface area contributed by atoms with Gasteiger partial charge in [-0.1, -0.05) is 41.6 Å². The molecule has 2 aliphatic rings. The van der Waals surface area contributed by atoms with Crippen LogP contribution in [0.25, 0.3) is 0 Å². The van der Waals surface area contributed by atoms with Gasteiger partial charge in [0, 0.05) is 34.7 Å². The van der Waals surface area contributed by atoms with E-state index in [1.54, 1.807) is 53.4 Å². The van der Waals surface area contributed by atoms with Gasteiger partial charge in [0.25, 0.3) is 5.91 Å². The number of ether oxygens (including phenoxy) is 4. The van der Waals surface area contributed by atoms with Gasteiger partial charge in [0.15, 0.2) is 28.2 Å². The highest BCUT2D eigenvalue weighted by molar-refractivity contribution is 7.99.